The van der Waals surface area contributed by atoms with Crippen molar-refractivity contribution in [2.75, 3.05) is 23.9 Å². The Morgan fingerprint density at radius 1 is 1.21 bits per heavy atom. The zero-order chi connectivity index (χ0) is 17.7. The first-order valence-electron chi connectivity index (χ1n) is 7.39. The highest BCUT2D eigenvalue weighted by atomic mass is 35.5. The van der Waals surface area contributed by atoms with Crippen LogP contribution in [-0.4, -0.2) is 25.5 Å². The summed E-state index contributed by atoms with van der Waals surface area (Å²) in [7, 11) is 1.53. The van der Waals surface area contributed by atoms with Crippen molar-refractivity contribution >= 4 is 34.8 Å². The topological polar surface area (TPSA) is 58.6 Å². The number of aryl methyl sites for hydroxylation is 1. The van der Waals surface area contributed by atoms with E-state index in [9.17, 15) is 9.59 Å². The van der Waals surface area contributed by atoms with E-state index < -0.39 is 0 Å². The number of halogens is 1. The minimum Gasteiger partial charge on any atom is -0.495 e. The largest absolute Gasteiger partial charge is 0.495 e. The Morgan fingerprint density at radius 3 is 2.54 bits per heavy atom. The maximum Gasteiger partial charge on any atom is 0.244 e. The molecule has 24 heavy (non-hydrogen) atoms. The summed E-state index contributed by atoms with van der Waals surface area (Å²) in [4.78, 5) is 25.6. The summed E-state index contributed by atoms with van der Waals surface area (Å²) in [6.45, 7) is 3.16. The number of hydrogen-bond acceptors (Lipinski definition) is 3. The predicted octanol–water partition coefficient (Wildman–Crippen LogP) is 3.65. The second-order valence-electron chi connectivity index (χ2n) is 5.29. The van der Waals surface area contributed by atoms with Crippen LogP contribution in [0.2, 0.25) is 5.02 Å². The molecule has 0 saturated heterocycles. The molecule has 0 aliphatic heterocycles. The number of para-hydroxylation sites is 2. The van der Waals surface area contributed by atoms with E-state index in [2.05, 4.69) is 5.32 Å². The third-order valence-electron chi connectivity index (χ3n) is 3.53. The Labute approximate surface area is 146 Å². The minimum absolute atomic E-state index is 0.118. The fraction of sp³-hybridized carbons (Fsp3) is 0.222. The van der Waals surface area contributed by atoms with Crippen LogP contribution in [0.15, 0.2) is 42.5 Å². The van der Waals surface area contributed by atoms with Gasteiger partial charge in [-0.3, -0.25) is 9.59 Å². The molecule has 126 valence electrons. The van der Waals surface area contributed by atoms with Gasteiger partial charge < -0.3 is 15.0 Å². The molecule has 0 saturated carbocycles. The molecular formula is C18H19ClN2O3. The monoisotopic (exact) mass is 346 g/mol. The van der Waals surface area contributed by atoms with Crippen molar-refractivity contribution in [3.05, 3.63) is 53.1 Å². The van der Waals surface area contributed by atoms with Crippen LogP contribution >= 0.6 is 11.6 Å². The van der Waals surface area contributed by atoms with Crippen LogP contribution in [0.1, 0.15) is 12.5 Å². The van der Waals surface area contributed by atoms with Gasteiger partial charge in [-0.15, -0.1) is 0 Å². The Bertz CT molecular complexity index is 762. The van der Waals surface area contributed by atoms with Crippen LogP contribution in [0.5, 0.6) is 5.75 Å². The molecule has 0 aliphatic carbocycles. The number of nitrogens with one attached hydrogen (secondary N) is 1. The first-order chi connectivity index (χ1) is 11.4. The van der Waals surface area contributed by atoms with E-state index in [1.54, 1.807) is 30.3 Å². The molecule has 0 radical (unpaired) electrons. The normalized spacial score (nSPS) is 10.2. The smallest absolute Gasteiger partial charge is 0.244 e. The van der Waals surface area contributed by atoms with Gasteiger partial charge >= 0.3 is 0 Å². The lowest BCUT2D eigenvalue weighted by molar-refractivity contribution is -0.120. The fourth-order valence-electron chi connectivity index (χ4n) is 2.22. The van der Waals surface area contributed by atoms with Crippen molar-refractivity contribution in [3.8, 4) is 5.75 Å². The summed E-state index contributed by atoms with van der Waals surface area (Å²) in [6.07, 6.45) is 0. The number of benzene rings is 2. The van der Waals surface area contributed by atoms with Crippen molar-refractivity contribution in [3.63, 3.8) is 0 Å². The van der Waals surface area contributed by atoms with Crippen molar-refractivity contribution < 1.29 is 14.3 Å². The van der Waals surface area contributed by atoms with E-state index in [0.29, 0.717) is 22.1 Å². The number of carbonyl (C=O) groups excluding carboxylic acids is 2. The lowest BCUT2D eigenvalue weighted by atomic mass is 10.2. The highest BCUT2D eigenvalue weighted by Gasteiger charge is 2.17. The third kappa shape index (κ3) is 4.26. The van der Waals surface area contributed by atoms with Gasteiger partial charge in [0.05, 0.1) is 12.8 Å². The second kappa shape index (κ2) is 7.84. The van der Waals surface area contributed by atoms with Crippen LogP contribution in [-0.2, 0) is 9.59 Å². The van der Waals surface area contributed by atoms with E-state index in [-0.39, 0.29) is 18.4 Å². The molecule has 0 heterocycles. The number of hydrogen-bond donors (Lipinski definition) is 1. The molecular weight excluding hydrogens is 328 g/mol. The number of rotatable bonds is 5. The van der Waals surface area contributed by atoms with Crippen LogP contribution in [0.25, 0.3) is 0 Å². The molecule has 5 nitrogen and oxygen atoms in total. The van der Waals surface area contributed by atoms with Gasteiger partial charge in [0.1, 0.15) is 12.3 Å². The quantitative estimate of drug-likeness (QED) is 0.899. The Hall–Kier alpha value is -2.53. The van der Waals surface area contributed by atoms with E-state index in [1.165, 1.54) is 18.9 Å². The summed E-state index contributed by atoms with van der Waals surface area (Å²) < 4.78 is 5.20. The lowest BCUT2D eigenvalue weighted by Crippen LogP contribution is -2.36. The van der Waals surface area contributed by atoms with E-state index in [0.717, 1.165) is 5.56 Å². The van der Waals surface area contributed by atoms with E-state index >= 15 is 0 Å². The molecule has 0 bridgehead atoms. The summed E-state index contributed by atoms with van der Waals surface area (Å²) in [5, 5.41) is 3.30. The molecule has 0 atom stereocenters. The maximum absolute atomic E-state index is 12.3. The Balaban J connectivity index is 2.17. The van der Waals surface area contributed by atoms with Crippen molar-refractivity contribution in [1.82, 2.24) is 0 Å². The average Bonchev–Trinajstić information content (AvgIpc) is 2.55. The molecule has 1 N–H and O–H groups in total. The van der Waals surface area contributed by atoms with Crippen molar-refractivity contribution in [2.24, 2.45) is 0 Å². The molecule has 2 amide bonds. The standard InChI is InChI=1S/C18H19ClN2O3/c1-12-8-9-14(10-15(12)19)21(13(2)22)11-18(23)20-16-6-4-5-7-17(16)24-3/h4-10H,11H2,1-3H3,(H,20,23). The molecule has 0 aliphatic rings. The SMILES string of the molecule is COc1ccccc1NC(=O)CN(C(C)=O)c1ccc(C)c(Cl)c1. The van der Waals surface area contributed by atoms with Gasteiger partial charge in [-0.05, 0) is 36.8 Å². The second-order valence-corrected chi connectivity index (χ2v) is 5.69. The van der Waals surface area contributed by atoms with Gasteiger partial charge in [0.15, 0.2) is 0 Å². The molecule has 2 aromatic carbocycles. The number of ether oxygens (including phenoxy) is 1. The van der Waals surface area contributed by atoms with Crippen LogP contribution in [0, 0.1) is 6.92 Å². The van der Waals surface area contributed by atoms with Crippen LogP contribution in [0.3, 0.4) is 0 Å². The number of methoxy groups -OCH3 is 1. The summed E-state index contributed by atoms with van der Waals surface area (Å²) >= 11 is 6.11. The lowest BCUT2D eigenvalue weighted by Gasteiger charge is -2.21. The molecule has 0 unspecified atom stereocenters. The average molecular weight is 347 g/mol. The first-order valence-corrected chi connectivity index (χ1v) is 7.77. The van der Waals surface area contributed by atoms with Crippen LogP contribution < -0.4 is 15.0 Å². The molecule has 0 aromatic heterocycles. The number of nitrogens with zero attached hydrogens (tertiary/aromatic N) is 1. The zero-order valence-corrected chi connectivity index (χ0v) is 14.6. The van der Waals surface area contributed by atoms with Crippen LogP contribution in [0.4, 0.5) is 11.4 Å². The van der Waals surface area contributed by atoms with Crippen molar-refractivity contribution in [2.45, 2.75) is 13.8 Å². The predicted molar refractivity (Wildman–Crippen MR) is 95.8 cm³/mol. The first kappa shape index (κ1) is 17.8. The zero-order valence-electron chi connectivity index (χ0n) is 13.8. The maximum atomic E-state index is 12.3. The molecule has 0 fully saturated rings. The summed E-state index contributed by atoms with van der Waals surface area (Å²) in [6, 6.07) is 12.3. The van der Waals surface area contributed by atoms with Gasteiger partial charge in [0.25, 0.3) is 0 Å². The fourth-order valence-corrected chi connectivity index (χ4v) is 2.39. The summed E-state index contributed by atoms with van der Waals surface area (Å²) in [5.41, 5.74) is 2.03. The van der Waals surface area contributed by atoms with E-state index in [1.807, 2.05) is 19.1 Å². The number of carbonyl (C=O) groups is 2. The molecule has 2 rings (SSSR count). The van der Waals surface area contributed by atoms with Gasteiger partial charge in [-0.25, -0.2) is 0 Å². The van der Waals surface area contributed by atoms with Crippen molar-refractivity contribution in [1.29, 1.82) is 0 Å². The highest BCUT2D eigenvalue weighted by Crippen LogP contribution is 2.25. The number of amides is 2. The summed E-state index contributed by atoms with van der Waals surface area (Å²) in [5.74, 6) is -0.0184. The Kier molecular flexibility index (Phi) is 5.82. The third-order valence-corrected chi connectivity index (χ3v) is 3.94. The van der Waals surface area contributed by atoms with Gasteiger partial charge in [-0.1, -0.05) is 29.8 Å². The van der Waals surface area contributed by atoms with Gasteiger partial charge in [0.2, 0.25) is 11.8 Å². The molecule has 6 heteroatoms. The Morgan fingerprint density at radius 2 is 1.92 bits per heavy atom. The molecule has 0 spiro atoms. The molecule has 2 aromatic rings. The highest BCUT2D eigenvalue weighted by molar-refractivity contribution is 6.31. The minimum atomic E-state index is -0.327. The number of anilines is 2. The van der Waals surface area contributed by atoms with E-state index in [4.69, 9.17) is 16.3 Å². The van der Waals surface area contributed by atoms with Gasteiger partial charge in [-0.2, -0.15) is 0 Å². The van der Waals surface area contributed by atoms with Gasteiger partial charge in [0, 0.05) is 17.6 Å².